The van der Waals surface area contributed by atoms with Gasteiger partial charge in [-0.05, 0) is 80.0 Å². The minimum atomic E-state index is -0.0133. The van der Waals surface area contributed by atoms with E-state index in [2.05, 4.69) is 54.1 Å². The molecular weight excluding hydrogens is 344 g/mol. The van der Waals surface area contributed by atoms with Gasteiger partial charge in [-0.1, -0.05) is 37.3 Å². The lowest BCUT2D eigenvalue weighted by Crippen LogP contribution is -2.27. The summed E-state index contributed by atoms with van der Waals surface area (Å²) < 4.78 is 2.35. The molecule has 0 radical (unpaired) electrons. The van der Waals surface area contributed by atoms with Crippen LogP contribution in [0.15, 0.2) is 60.7 Å². The maximum Gasteiger partial charge on any atom is 0.251 e. The summed E-state index contributed by atoms with van der Waals surface area (Å²) in [5.74, 6) is 0.277. The highest BCUT2D eigenvalue weighted by Crippen LogP contribution is 2.28. The Labute approximate surface area is 167 Å². The molecule has 28 heavy (non-hydrogen) atoms. The fourth-order valence-electron chi connectivity index (χ4n) is 4.22. The predicted molar refractivity (Wildman–Crippen MR) is 114 cm³/mol. The van der Waals surface area contributed by atoms with Crippen molar-refractivity contribution in [2.45, 2.75) is 45.4 Å². The van der Waals surface area contributed by atoms with Crippen molar-refractivity contribution >= 4 is 5.91 Å². The zero-order chi connectivity index (χ0) is 19.5. The Morgan fingerprint density at radius 3 is 2.50 bits per heavy atom. The molecule has 3 aromatic rings. The minimum absolute atomic E-state index is 0.0133. The second-order valence-electron chi connectivity index (χ2n) is 7.87. The van der Waals surface area contributed by atoms with Gasteiger partial charge in [0.05, 0.1) is 0 Å². The molecule has 0 saturated heterocycles. The van der Waals surface area contributed by atoms with Gasteiger partial charge in [0.15, 0.2) is 0 Å². The quantitative estimate of drug-likeness (QED) is 0.656. The molecule has 0 bridgehead atoms. The van der Waals surface area contributed by atoms with E-state index in [1.165, 1.54) is 41.8 Å². The number of benzene rings is 2. The summed E-state index contributed by atoms with van der Waals surface area (Å²) in [6.45, 7) is 4.94. The third-order valence-electron chi connectivity index (χ3n) is 5.81. The average molecular weight is 373 g/mol. The number of aryl methyl sites for hydroxylation is 2. The molecule has 2 aromatic carbocycles. The SMILES string of the molecule is Cc1cc2c(n1-c1ccc(C(=O)NCC(C)c3ccccc3)cc1)CCCC2. The molecule has 1 atom stereocenters. The van der Waals surface area contributed by atoms with Crippen LogP contribution in [-0.4, -0.2) is 17.0 Å². The molecule has 1 heterocycles. The summed E-state index contributed by atoms with van der Waals surface area (Å²) in [7, 11) is 0. The van der Waals surface area contributed by atoms with Crippen LogP contribution in [0.3, 0.4) is 0 Å². The normalized spacial score (nSPS) is 14.4. The first kappa shape index (κ1) is 18.5. The zero-order valence-electron chi connectivity index (χ0n) is 16.7. The van der Waals surface area contributed by atoms with Gasteiger partial charge in [0.2, 0.25) is 0 Å². The van der Waals surface area contributed by atoms with Crippen molar-refractivity contribution < 1.29 is 4.79 Å². The molecule has 3 heteroatoms. The van der Waals surface area contributed by atoms with E-state index >= 15 is 0 Å². The Morgan fingerprint density at radius 2 is 1.75 bits per heavy atom. The number of rotatable bonds is 5. The summed E-state index contributed by atoms with van der Waals surface area (Å²) in [4.78, 5) is 12.6. The van der Waals surface area contributed by atoms with Crippen LogP contribution in [0.1, 0.15) is 58.6 Å². The molecule has 1 unspecified atom stereocenters. The minimum Gasteiger partial charge on any atom is -0.351 e. The molecule has 0 spiro atoms. The molecule has 4 rings (SSSR count). The van der Waals surface area contributed by atoms with Gasteiger partial charge < -0.3 is 9.88 Å². The van der Waals surface area contributed by atoms with Gasteiger partial charge in [-0.2, -0.15) is 0 Å². The highest BCUT2D eigenvalue weighted by molar-refractivity contribution is 5.94. The van der Waals surface area contributed by atoms with Crippen LogP contribution in [0.2, 0.25) is 0 Å². The monoisotopic (exact) mass is 372 g/mol. The largest absolute Gasteiger partial charge is 0.351 e. The van der Waals surface area contributed by atoms with Crippen molar-refractivity contribution in [1.29, 1.82) is 0 Å². The number of fused-ring (bicyclic) bond motifs is 1. The van der Waals surface area contributed by atoms with Crippen LogP contribution in [0.25, 0.3) is 5.69 Å². The first-order valence-corrected chi connectivity index (χ1v) is 10.3. The van der Waals surface area contributed by atoms with Gasteiger partial charge in [-0.15, -0.1) is 0 Å². The van der Waals surface area contributed by atoms with Crippen molar-refractivity contribution in [2.75, 3.05) is 6.54 Å². The number of aromatic nitrogens is 1. The molecule has 1 aliphatic carbocycles. The number of hydrogen-bond donors (Lipinski definition) is 1. The molecule has 1 aliphatic rings. The highest BCUT2D eigenvalue weighted by Gasteiger charge is 2.17. The second-order valence-corrected chi connectivity index (χ2v) is 7.87. The predicted octanol–water partition coefficient (Wildman–Crippen LogP) is 5.20. The Bertz CT molecular complexity index is 954. The molecule has 1 aromatic heterocycles. The second kappa shape index (κ2) is 8.05. The van der Waals surface area contributed by atoms with Crippen LogP contribution in [0.5, 0.6) is 0 Å². The summed E-state index contributed by atoms with van der Waals surface area (Å²) in [6.07, 6.45) is 4.87. The van der Waals surface area contributed by atoms with Crippen molar-refractivity contribution in [3.8, 4) is 5.69 Å². The molecule has 0 fully saturated rings. The standard InChI is InChI=1S/C25H28N2O/c1-18(20-8-4-3-5-9-20)17-26-25(28)21-12-14-23(15-13-21)27-19(2)16-22-10-6-7-11-24(22)27/h3-5,8-9,12-16,18H,6-7,10-11,17H2,1-2H3,(H,26,28). The average Bonchev–Trinajstić information content (AvgIpc) is 3.08. The van der Waals surface area contributed by atoms with Crippen molar-refractivity contribution in [1.82, 2.24) is 9.88 Å². The van der Waals surface area contributed by atoms with Crippen molar-refractivity contribution in [3.63, 3.8) is 0 Å². The van der Waals surface area contributed by atoms with Gasteiger partial charge >= 0.3 is 0 Å². The highest BCUT2D eigenvalue weighted by atomic mass is 16.1. The zero-order valence-corrected chi connectivity index (χ0v) is 16.7. The van der Waals surface area contributed by atoms with E-state index in [9.17, 15) is 4.79 Å². The third kappa shape index (κ3) is 3.75. The maximum absolute atomic E-state index is 12.6. The molecule has 0 aliphatic heterocycles. The van der Waals surface area contributed by atoms with Gasteiger partial charge in [0.25, 0.3) is 5.91 Å². The molecule has 144 valence electrons. The third-order valence-corrected chi connectivity index (χ3v) is 5.81. The fourth-order valence-corrected chi connectivity index (χ4v) is 4.22. The van der Waals surface area contributed by atoms with E-state index in [1.54, 1.807) is 0 Å². The van der Waals surface area contributed by atoms with Crippen LogP contribution >= 0.6 is 0 Å². The van der Waals surface area contributed by atoms with Gasteiger partial charge in [0, 0.05) is 29.2 Å². The first-order chi connectivity index (χ1) is 13.6. The summed E-state index contributed by atoms with van der Waals surface area (Å²) >= 11 is 0. The van der Waals surface area contributed by atoms with Gasteiger partial charge in [-0.3, -0.25) is 4.79 Å². The molecule has 0 saturated carbocycles. The van der Waals surface area contributed by atoms with Crippen LogP contribution in [-0.2, 0) is 12.8 Å². The molecule has 1 N–H and O–H groups in total. The number of carbonyl (C=O) groups is 1. The lowest BCUT2D eigenvalue weighted by molar-refractivity contribution is 0.0951. The van der Waals surface area contributed by atoms with E-state index in [4.69, 9.17) is 0 Å². The van der Waals surface area contributed by atoms with Crippen molar-refractivity contribution in [2.24, 2.45) is 0 Å². The number of nitrogens with zero attached hydrogens (tertiary/aromatic N) is 1. The fraction of sp³-hybridized carbons (Fsp3) is 0.320. The smallest absolute Gasteiger partial charge is 0.251 e. The van der Waals surface area contributed by atoms with E-state index in [0.717, 1.165) is 12.1 Å². The van der Waals surface area contributed by atoms with Crippen LogP contribution < -0.4 is 5.32 Å². The van der Waals surface area contributed by atoms with Gasteiger partial charge in [-0.25, -0.2) is 0 Å². The lowest BCUT2D eigenvalue weighted by atomic mass is 9.98. The topological polar surface area (TPSA) is 34.0 Å². The van der Waals surface area contributed by atoms with E-state index < -0.39 is 0 Å². The Kier molecular flexibility index (Phi) is 5.34. The summed E-state index contributed by atoms with van der Waals surface area (Å²) in [6, 6.07) is 20.6. The summed E-state index contributed by atoms with van der Waals surface area (Å²) in [5, 5.41) is 3.07. The maximum atomic E-state index is 12.6. The Balaban J connectivity index is 1.45. The number of nitrogens with one attached hydrogen (secondary N) is 1. The summed E-state index contributed by atoms with van der Waals surface area (Å²) in [5.41, 5.74) is 7.31. The number of amides is 1. The van der Waals surface area contributed by atoms with Crippen LogP contribution in [0.4, 0.5) is 0 Å². The number of carbonyl (C=O) groups excluding carboxylic acids is 1. The van der Waals surface area contributed by atoms with Crippen LogP contribution in [0, 0.1) is 6.92 Å². The molecule has 1 amide bonds. The van der Waals surface area contributed by atoms with Crippen molar-refractivity contribution in [3.05, 3.63) is 88.7 Å². The number of hydrogen-bond acceptors (Lipinski definition) is 1. The Morgan fingerprint density at radius 1 is 1.04 bits per heavy atom. The lowest BCUT2D eigenvalue weighted by Gasteiger charge is -2.17. The Hall–Kier alpha value is -2.81. The van der Waals surface area contributed by atoms with E-state index in [-0.39, 0.29) is 5.91 Å². The van der Waals surface area contributed by atoms with Gasteiger partial charge in [0.1, 0.15) is 0 Å². The van der Waals surface area contributed by atoms with E-state index in [1.807, 2.05) is 30.3 Å². The first-order valence-electron chi connectivity index (χ1n) is 10.3. The van der Waals surface area contributed by atoms with E-state index in [0.29, 0.717) is 18.0 Å². The molecular formula is C25H28N2O. The molecule has 3 nitrogen and oxygen atoms in total.